The highest BCUT2D eigenvalue weighted by atomic mass is 16.5. The lowest BCUT2D eigenvalue weighted by molar-refractivity contribution is -0.144. The van der Waals surface area contributed by atoms with Crippen molar-refractivity contribution in [2.24, 2.45) is 5.92 Å². The summed E-state index contributed by atoms with van der Waals surface area (Å²) in [6.07, 6.45) is 2.74. The van der Waals surface area contributed by atoms with Crippen molar-refractivity contribution in [1.82, 2.24) is 0 Å². The summed E-state index contributed by atoms with van der Waals surface area (Å²) in [5.41, 5.74) is 0. The summed E-state index contributed by atoms with van der Waals surface area (Å²) in [4.78, 5) is 10.5. The number of carbonyl (C=O) groups is 1. The zero-order valence-corrected chi connectivity index (χ0v) is 7.88. The van der Waals surface area contributed by atoms with E-state index in [9.17, 15) is 4.79 Å². The minimum atomic E-state index is -0.756. The smallest absolute Gasteiger partial charge is 0.308 e. The first-order chi connectivity index (χ1) is 5.72. The van der Waals surface area contributed by atoms with Crippen molar-refractivity contribution in [1.29, 1.82) is 0 Å². The predicted octanol–water partition coefficient (Wildman–Crippen LogP) is 1.91. The lowest BCUT2D eigenvalue weighted by atomic mass is 10.1. The topological polar surface area (TPSA) is 46.5 Å². The molecule has 0 aromatic carbocycles. The highest BCUT2D eigenvalue weighted by Crippen LogP contribution is 2.03. The van der Waals surface area contributed by atoms with E-state index >= 15 is 0 Å². The van der Waals surface area contributed by atoms with Crippen LogP contribution in [0, 0.1) is 5.92 Å². The Morgan fingerprint density at radius 2 is 2.17 bits per heavy atom. The second-order valence-electron chi connectivity index (χ2n) is 2.87. The largest absolute Gasteiger partial charge is 0.481 e. The first-order valence-corrected chi connectivity index (χ1v) is 4.52. The predicted molar refractivity (Wildman–Crippen MR) is 47.1 cm³/mol. The van der Waals surface area contributed by atoms with E-state index in [1.165, 1.54) is 0 Å². The van der Waals surface area contributed by atoms with Crippen molar-refractivity contribution in [3.63, 3.8) is 0 Å². The SMILES string of the molecule is CCCCOCC(CC)C(=O)O. The van der Waals surface area contributed by atoms with Crippen molar-refractivity contribution in [2.75, 3.05) is 13.2 Å². The van der Waals surface area contributed by atoms with Crippen LogP contribution in [0.1, 0.15) is 33.1 Å². The Morgan fingerprint density at radius 1 is 1.50 bits per heavy atom. The highest BCUT2D eigenvalue weighted by Gasteiger charge is 2.14. The summed E-state index contributed by atoms with van der Waals surface area (Å²) in [6, 6.07) is 0. The molecule has 0 fully saturated rings. The average molecular weight is 174 g/mol. The summed E-state index contributed by atoms with van der Waals surface area (Å²) in [7, 11) is 0. The molecule has 3 heteroatoms. The van der Waals surface area contributed by atoms with Gasteiger partial charge in [0.1, 0.15) is 0 Å². The summed E-state index contributed by atoms with van der Waals surface area (Å²) < 4.78 is 5.21. The van der Waals surface area contributed by atoms with E-state index in [2.05, 4.69) is 6.92 Å². The lowest BCUT2D eigenvalue weighted by Crippen LogP contribution is -2.19. The number of carboxylic acids is 1. The van der Waals surface area contributed by atoms with Gasteiger partial charge in [0, 0.05) is 6.61 Å². The zero-order valence-electron chi connectivity index (χ0n) is 7.88. The van der Waals surface area contributed by atoms with Crippen LogP contribution in [0.5, 0.6) is 0 Å². The van der Waals surface area contributed by atoms with Gasteiger partial charge in [-0.25, -0.2) is 0 Å². The Bertz CT molecular complexity index is 123. The van der Waals surface area contributed by atoms with Gasteiger partial charge in [0.25, 0.3) is 0 Å². The summed E-state index contributed by atoms with van der Waals surface area (Å²) >= 11 is 0. The van der Waals surface area contributed by atoms with Gasteiger partial charge < -0.3 is 9.84 Å². The van der Waals surface area contributed by atoms with Gasteiger partial charge in [0.05, 0.1) is 12.5 Å². The third kappa shape index (κ3) is 5.13. The number of hydrogen-bond donors (Lipinski definition) is 1. The maximum absolute atomic E-state index is 10.5. The van der Waals surface area contributed by atoms with Gasteiger partial charge in [-0.05, 0) is 12.8 Å². The molecule has 0 spiro atoms. The second kappa shape index (κ2) is 7.10. The molecule has 0 aromatic heterocycles. The van der Waals surface area contributed by atoms with Gasteiger partial charge in [0.2, 0.25) is 0 Å². The Labute approximate surface area is 73.7 Å². The van der Waals surface area contributed by atoms with E-state index < -0.39 is 5.97 Å². The van der Waals surface area contributed by atoms with Crippen LogP contribution in [0.15, 0.2) is 0 Å². The molecule has 0 bridgehead atoms. The molecule has 0 saturated carbocycles. The molecular formula is C9H18O3. The first-order valence-electron chi connectivity index (χ1n) is 4.52. The molecule has 0 aliphatic carbocycles. The van der Waals surface area contributed by atoms with E-state index in [-0.39, 0.29) is 5.92 Å². The minimum Gasteiger partial charge on any atom is -0.481 e. The molecular weight excluding hydrogens is 156 g/mol. The molecule has 1 unspecified atom stereocenters. The quantitative estimate of drug-likeness (QED) is 0.600. The molecule has 72 valence electrons. The summed E-state index contributed by atoms with van der Waals surface area (Å²) in [5, 5.41) is 8.65. The van der Waals surface area contributed by atoms with Crippen LogP contribution in [0.2, 0.25) is 0 Å². The molecule has 0 amide bonds. The fraction of sp³-hybridized carbons (Fsp3) is 0.889. The molecule has 12 heavy (non-hydrogen) atoms. The van der Waals surface area contributed by atoms with Crippen LogP contribution in [-0.4, -0.2) is 24.3 Å². The Kier molecular flexibility index (Phi) is 6.76. The van der Waals surface area contributed by atoms with E-state index in [0.29, 0.717) is 19.6 Å². The van der Waals surface area contributed by atoms with Crippen molar-refractivity contribution in [2.45, 2.75) is 33.1 Å². The average Bonchev–Trinajstić information content (AvgIpc) is 2.04. The van der Waals surface area contributed by atoms with Gasteiger partial charge in [-0.2, -0.15) is 0 Å². The molecule has 0 heterocycles. The number of carboxylic acid groups (broad SMARTS) is 1. The van der Waals surface area contributed by atoms with Crippen LogP contribution in [0.3, 0.4) is 0 Å². The first kappa shape index (κ1) is 11.4. The van der Waals surface area contributed by atoms with Gasteiger partial charge in [-0.1, -0.05) is 20.3 Å². The maximum atomic E-state index is 10.5. The molecule has 3 nitrogen and oxygen atoms in total. The van der Waals surface area contributed by atoms with Crippen molar-refractivity contribution < 1.29 is 14.6 Å². The third-order valence-electron chi connectivity index (χ3n) is 1.80. The van der Waals surface area contributed by atoms with Gasteiger partial charge >= 0.3 is 5.97 Å². The van der Waals surface area contributed by atoms with E-state index in [1.54, 1.807) is 0 Å². The summed E-state index contributed by atoms with van der Waals surface area (Å²) in [5.74, 6) is -1.09. The monoisotopic (exact) mass is 174 g/mol. The number of rotatable bonds is 7. The molecule has 1 atom stereocenters. The van der Waals surface area contributed by atoms with Crippen LogP contribution in [0.4, 0.5) is 0 Å². The van der Waals surface area contributed by atoms with Crippen molar-refractivity contribution in [3.8, 4) is 0 Å². The molecule has 0 rings (SSSR count). The second-order valence-corrected chi connectivity index (χ2v) is 2.87. The Hall–Kier alpha value is -0.570. The molecule has 0 aliphatic rings. The molecule has 0 saturated heterocycles. The fourth-order valence-electron chi connectivity index (χ4n) is 0.836. The van der Waals surface area contributed by atoms with Gasteiger partial charge in [-0.3, -0.25) is 4.79 Å². The van der Waals surface area contributed by atoms with Crippen LogP contribution >= 0.6 is 0 Å². The zero-order chi connectivity index (χ0) is 9.40. The number of ether oxygens (including phenoxy) is 1. The van der Waals surface area contributed by atoms with Crippen LogP contribution in [-0.2, 0) is 9.53 Å². The van der Waals surface area contributed by atoms with Crippen LogP contribution < -0.4 is 0 Å². The third-order valence-corrected chi connectivity index (χ3v) is 1.80. The molecule has 0 aromatic rings. The lowest BCUT2D eigenvalue weighted by Gasteiger charge is -2.09. The van der Waals surface area contributed by atoms with E-state index in [4.69, 9.17) is 9.84 Å². The minimum absolute atomic E-state index is 0.332. The Morgan fingerprint density at radius 3 is 2.58 bits per heavy atom. The van der Waals surface area contributed by atoms with Crippen molar-refractivity contribution in [3.05, 3.63) is 0 Å². The summed E-state index contributed by atoms with van der Waals surface area (Å²) in [6.45, 7) is 4.98. The molecule has 1 N–H and O–H groups in total. The number of aliphatic carboxylic acids is 1. The Balaban J connectivity index is 3.38. The fourth-order valence-corrected chi connectivity index (χ4v) is 0.836. The molecule has 0 aliphatic heterocycles. The standard InChI is InChI=1S/C9H18O3/c1-3-5-6-12-7-8(4-2)9(10)11/h8H,3-7H2,1-2H3,(H,10,11). The van der Waals surface area contributed by atoms with E-state index in [1.807, 2.05) is 6.92 Å². The number of unbranched alkanes of at least 4 members (excludes halogenated alkanes) is 1. The maximum Gasteiger partial charge on any atom is 0.308 e. The van der Waals surface area contributed by atoms with Gasteiger partial charge in [0.15, 0.2) is 0 Å². The highest BCUT2D eigenvalue weighted by molar-refractivity contribution is 5.69. The molecule has 0 radical (unpaired) electrons. The normalized spacial score (nSPS) is 12.8. The van der Waals surface area contributed by atoms with Gasteiger partial charge in [-0.15, -0.1) is 0 Å². The van der Waals surface area contributed by atoms with Crippen molar-refractivity contribution >= 4 is 5.97 Å². The van der Waals surface area contributed by atoms with E-state index in [0.717, 1.165) is 12.8 Å². The van der Waals surface area contributed by atoms with Crippen LogP contribution in [0.25, 0.3) is 0 Å². The number of hydrogen-bond acceptors (Lipinski definition) is 2.